The molecule has 1 fully saturated rings. The van der Waals surface area contributed by atoms with Crippen LogP contribution in [0.5, 0.6) is 0 Å². The van der Waals surface area contributed by atoms with Crippen molar-refractivity contribution in [3.8, 4) is 0 Å². The van der Waals surface area contributed by atoms with Crippen molar-refractivity contribution in [3.05, 3.63) is 23.4 Å². The normalized spacial score (nSPS) is 21.7. The molecule has 0 bridgehead atoms. The average molecular weight is 227 g/mol. The van der Waals surface area contributed by atoms with Gasteiger partial charge in [-0.1, -0.05) is 18.5 Å². The summed E-state index contributed by atoms with van der Waals surface area (Å²) in [5.74, 6) is 0.876. The summed E-state index contributed by atoms with van der Waals surface area (Å²) < 4.78 is 5.61. The first-order valence-electron chi connectivity index (χ1n) is 5.28. The monoisotopic (exact) mass is 226 g/mol. The lowest BCUT2D eigenvalue weighted by Gasteiger charge is -2.33. The molecule has 15 heavy (non-hydrogen) atoms. The number of hydrogen-bond donors (Lipinski definition) is 0. The van der Waals surface area contributed by atoms with Crippen LogP contribution < -0.4 is 4.90 Å². The summed E-state index contributed by atoms with van der Waals surface area (Å²) in [6, 6.07) is 3.73. The minimum absolute atomic E-state index is 0.303. The van der Waals surface area contributed by atoms with E-state index in [2.05, 4.69) is 16.8 Å². The van der Waals surface area contributed by atoms with Gasteiger partial charge in [0.25, 0.3) is 0 Å². The molecule has 3 nitrogen and oxygen atoms in total. The minimum atomic E-state index is 0.303. The summed E-state index contributed by atoms with van der Waals surface area (Å²) in [6.45, 7) is 4.64. The highest BCUT2D eigenvalue weighted by Crippen LogP contribution is 2.24. The van der Waals surface area contributed by atoms with E-state index in [0.29, 0.717) is 11.1 Å². The molecule has 1 aromatic rings. The third-order valence-corrected chi connectivity index (χ3v) is 2.93. The number of anilines is 1. The average Bonchev–Trinajstić information content (AvgIpc) is 2.30. The van der Waals surface area contributed by atoms with Crippen LogP contribution in [0.3, 0.4) is 0 Å². The predicted molar refractivity (Wildman–Crippen MR) is 61.5 cm³/mol. The Labute approximate surface area is 95.0 Å². The maximum Gasteiger partial charge on any atom is 0.147 e. The standard InChI is InChI=1S/C11H15ClN2O/c1-2-9-8-14(6-7-15-9)11-10(12)4-3-5-13-11/h3-5,9H,2,6-8H2,1H3. The summed E-state index contributed by atoms with van der Waals surface area (Å²) in [5.41, 5.74) is 0. The summed E-state index contributed by atoms with van der Waals surface area (Å²) in [4.78, 5) is 6.50. The van der Waals surface area contributed by atoms with Crippen LogP contribution in [0.4, 0.5) is 5.82 Å². The minimum Gasteiger partial charge on any atom is -0.375 e. The van der Waals surface area contributed by atoms with Crippen LogP contribution in [0, 0.1) is 0 Å². The highest BCUT2D eigenvalue weighted by Gasteiger charge is 2.21. The molecule has 1 atom stereocenters. The Morgan fingerprint density at radius 2 is 2.53 bits per heavy atom. The summed E-state index contributed by atoms with van der Waals surface area (Å²) in [7, 11) is 0. The van der Waals surface area contributed by atoms with Gasteiger partial charge in [0.15, 0.2) is 0 Å². The molecule has 0 amide bonds. The SMILES string of the molecule is CCC1CN(c2ncccc2Cl)CCO1. The molecule has 0 radical (unpaired) electrons. The Hall–Kier alpha value is -0.800. The van der Waals surface area contributed by atoms with Crippen molar-refractivity contribution >= 4 is 17.4 Å². The summed E-state index contributed by atoms with van der Waals surface area (Å²) >= 11 is 6.10. The van der Waals surface area contributed by atoms with Gasteiger partial charge in [0.05, 0.1) is 17.7 Å². The quantitative estimate of drug-likeness (QED) is 0.774. The van der Waals surface area contributed by atoms with Crippen LogP contribution in [0.15, 0.2) is 18.3 Å². The lowest BCUT2D eigenvalue weighted by molar-refractivity contribution is 0.0382. The van der Waals surface area contributed by atoms with Crippen LogP contribution in [-0.4, -0.2) is 30.8 Å². The molecule has 1 aliphatic rings. The smallest absolute Gasteiger partial charge is 0.147 e. The zero-order valence-corrected chi connectivity index (χ0v) is 9.57. The Morgan fingerprint density at radius 3 is 3.27 bits per heavy atom. The van der Waals surface area contributed by atoms with E-state index in [4.69, 9.17) is 16.3 Å². The van der Waals surface area contributed by atoms with Gasteiger partial charge >= 0.3 is 0 Å². The van der Waals surface area contributed by atoms with Crippen LogP contribution >= 0.6 is 11.6 Å². The first-order chi connectivity index (χ1) is 7.31. The summed E-state index contributed by atoms with van der Waals surface area (Å²) in [5, 5.41) is 0.717. The topological polar surface area (TPSA) is 25.4 Å². The van der Waals surface area contributed by atoms with Crippen molar-refractivity contribution in [3.63, 3.8) is 0 Å². The van der Waals surface area contributed by atoms with Crippen LogP contribution in [0.25, 0.3) is 0 Å². The van der Waals surface area contributed by atoms with E-state index in [9.17, 15) is 0 Å². The zero-order valence-electron chi connectivity index (χ0n) is 8.82. The number of ether oxygens (including phenoxy) is 1. The van der Waals surface area contributed by atoms with Crippen LogP contribution in [-0.2, 0) is 4.74 Å². The van der Waals surface area contributed by atoms with Crippen molar-refractivity contribution in [2.75, 3.05) is 24.6 Å². The van der Waals surface area contributed by atoms with Crippen LogP contribution in [0.2, 0.25) is 5.02 Å². The van der Waals surface area contributed by atoms with Gasteiger partial charge in [0, 0.05) is 19.3 Å². The van der Waals surface area contributed by atoms with Gasteiger partial charge in [0.2, 0.25) is 0 Å². The van der Waals surface area contributed by atoms with E-state index in [1.807, 2.05) is 12.1 Å². The molecule has 2 heterocycles. The van der Waals surface area contributed by atoms with Gasteiger partial charge in [-0.2, -0.15) is 0 Å². The molecule has 4 heteroatoms. The van der Waals surface area contributed by atoms with Crippen molar-refractivity contribution in [2.45, 2.75) is 19.4 Å². The molecular formula is C11H15ClN2O. The Bertz CT molecular complexity index is 332. The molecule has 1 unspecified atom stereocenters. The van der Waals surface area contributed by atoms with E-state index in [1.54, 1.807) is 6.20 Å². The lowest BCUT2D eigenvalue weighted by Crippen LogP contribution is -2.42. The third kappa shape index (κ3) is 2.41. The molecule has 1 aliphatic heterocycles. The first-order valence-corrected chi connectivity index (χ1v) is 5.66. The van der Waals surface area contributed by atoms with Gasteiger partial charge in [-0.3, -0.25) is 0 Å². The molecule has 0 aromatic carbocycles. The fourth-order valence-electron chi connectivity index (χ4n) is 1.77. The summed E-state index contributed by atoms with van der Waals surface area (Å²) in [6.07, 6.45) is 3.11. The highest BCUT2D eigenvalue weighted by molar-refractivity contribution is 6.32. The molecule has 0 aliphatic carbocycles. The fraction of sp³-hybridized carbons (Fsp3) is 0.545. The molecule has 0 N–H and O–H groups in total. The number of pyridine rings is 1. The van der Waals surface area contributed by atoms with E-state index in [0.717, 1.165) is 31.9 Å². The fourth-order valence-corrected chi connectivity index (χ4v) is 2.01. The Balaban J connectivity index is 2.13. The van der Waals surface area contributed by atoms with E-state index in [-0.39, 0.29) is 0 Å². The van der Waals surface area contributed by atoms with E-state index >= 15 is 0 Å². The van der Waals surface area contributed by atoms with Crippen molar-refractivity contribution in [2.24, 2.45) is 0 Å². The molecule has 1 aromatic heterocycles. The first kappa shape index (κ1) is 10.7. The second kappa shape index (κ2) is 4.81. The number of halogens is 1. The van der Waals surface area contributed by atoms with E-state index < -0.39 is 0 Å². The third-order valence-electron chi connectivity index (χ3n) is 2.63. The number of rotatable bonds is 2. The second-order valence-electron chi connectivity index (χ2n) is 3.66. The molecule has 2 rings (SSSR count). The van der Waals surface area contributed by atoms with Crippen molar-refractivity contribution in [1.29, 1.82) is 0 Å². The molecule has 1 saturated heterocycles. The number of morpholine rings is 1. The van der Waals surface area contributed by atoms with Gasteiger partial charge < -0.3 is 9.64 Å². The number of aromatic nitrogens is 1. The highest BCUT2D eigenvalue weighted by atomic mass is 35.5. The second-order valence-corrected chi connectivity index (χ2v) is 4.06. The molecule has 82 valence electrons. The van der Waals surface area contributed by atoms with Gasteiger partial charge in [-0.25, -0.2) is 4.98 Å². The predicted octanol–water partition coefficient (Wildman–Crippen LogP) is 2.35. The Kier molecular flexibility index (Phi) is 3.44. The molecular weight excluding hydrogens is 212 g/mol. The molecule has 0 saturated carbocycles. The number of hydrogen-bond acceptors (Lipinski definition) is 3. The van der Waals surface area contributed by atoms with Gasteiger partial charge in [-0.15, -0.1) is 0 Å². The largest absolute Gasteiger partial charge is 0.375 e. The maximum atomic E-state index is 6.10. The van der Waals surface area contributed by atoms with Gasteiger partial charge in [0.1, 0.15) is 5.82 Å². The Morgan fingerprint density at radius 1 is 1.67 bits per heavy atom. The van der Waals surface area contributed by atoms with E-state index in [1.165, 1.54) is 0 Å². The molecule has 0 spiro atoms. The van der Waals surface area contributed by atoms with Crippen LogP contribution in [0.1, 0.15) is 13.3 Å². The number of nitrogens with zero attached hydrogens (tertiary/aromatic N) is 2. The lowest BCUT2D eigenvalue weighted by atomic mass is 10.2. The van der Waals surface area contributed by atoms with Crippen molar-refractivity contribution in [1.82, 2.24) is 4.98 Å². The maximum absolute atomic E-state index is 6.10. The van der Waals surface area contributed by atoms with Crippen molar-refractivity contribution < 1.29 is 4.74 Å². The van der Waals surface area contributed by atoms with Gasteiger partial charge in [-0.05, 0) is 18.6 Å². The zero-order chi connectivity index (χ0) is 10.7.